The molecule has 1 aliphatic heterocycles. The standard InChI is InChI=1S/C21H18O12/c22-8-3-1-7(2-4-8)12-6-10(24)13-9(23)5-11(25)17(18(13)31-12)32-21-16(28)14(26)15(27)19(33-21)20(29)30/h1-6,14-16,19,21-23,25-28H,(H,29,30)/t14-,15-,16+,19-,21+/m0/s1. The Morgan fingerprint density at radius 1 is 0.909 bits per heavy atom. The number of rotatable bonds is 4. The summed E-state index contributed by atoms with van der Waals surface area (Å²) in [4.78, 5) is 24.0. The average molecular weight is 462 g/mol. The molecular weight excluding hydrogens is 444 g/mol. The van der Waals surface area contributed by atoms with E-state index in [-0.39, 0.29) is 11.5 Å². The molecule has 0 spiro atoms. The maximum atomic E-state index is 12.7. The zero-order valence-corrected chi connectivity index (χ0v) is 16.5. The Morgan fingerprint density at radius 3 is 2.21 bits per heavy atom. The van der Waals surface area contributed by atoms with Gasteiger partial charge in [-0.2, -0.15) is 0 Å². The normalized spacial score (nSPS) is 25.1. The van der Waals surface area contributed by atoms with Crippen molar-refractivity contribution in [2.75, 3.05) is 0 Å². The predicted molar refractivity (Wildman–Crippen MR) is 108 cm³/mol. The average Bonchev–Trinajstić information content (AvgIpc) is 2.76. The Hall–Kier alpha value is -3.84. The topological polar surface area (TPSA) is 207 Å². The molecule has 2 aromatic carbocycles. The van der Waals surface area contributed by atoms with Gasteiger partial charge in [-0.1, -0.05) is 0 Å². The van der Waals surface area contributed by atoms with Gasteiger partial charge in [-0.3, -0.25) is 4.79 Å². The molecule has 7 N–H and O–H groups in total. The fourth-order valence-corrected chi connectivity index (χ4v) is 3.43. The van der Waals surface area contributed by atoms with Gasteiger partial charge in [0.25, 0.3) is 0 Å². The van der Waals surface area contributed by atoms with Gasteiger partial charge in [0.2, 0.25) is 12.0 Å². The van der Waals surface area contributed by atoms with Gasteiger partial charge in [-0.15, -0.1) is 0 Å². The number of aromatic hydroxyl groups is 3. The number of carboxylic acids is 1. The lowest BCUT2D eigenvalue weighted by Crippen LogP contribution is -2.61. The Bertz CT molecular complexity index is 1260. The van der Waals surface area contributed by atoms with Gasteiger partial charge in [0.05, 0.1) is 0 Å². The molecule has 0 amide bonds. The summed E-state index contributed by atoms with van der Waals surface area (Å²) >= 11 is 0. The Kier molecular flexibility index (Phi) is 5.59. The van der Waals surface area contributed by atoms with Crippen molar-refractivity contribution < 1.29 is 54.4 Å². The van der Waals surface area contributed by atoms with E-state index in [9.17, 15) is 45.3 Å². The van der Waals surface area contributed by atoms with E-state index in [1.807, 2.05) is 0 Å². The molecular formula is C21H18O12. The van der Waals surface area contributed by atoms with E-state index in [1.165, 1.54) is 24.3 Å². The van der Waals surface area contributed by atoms with E-state index in [0.717, 1.165) is 12.1 Å². The molecule has 2 heterocycles. The summed E-state index contributed by atoms with van der Waals surface area (Å²) < 4.78 is 16.1. The first-order valence-corrected chi connectivity index (χ1v) is 9.49. The third kappa shape index (κ3) is 3.91. The zero-order chi connectivity index (χ0) is 24.0. The van der Waals surface area contributed by atoms with E-state index in [2.05, 4.69) is 0 Å². The molecule has 1 aliphatic rings. The van der Waals surface area contributed by atoms with Crippen LogP contribution in [-0.4, -0.2) is 72.4 Å². The van der Waals surface area contributed by atoms with Crippen LogP contribution in [0.3, 0.4) is 0 Å². The summed E-state index contributed by atoms with van der Waals surface area (Å²) in [6, 6.07) is 7.37. The van der Waals surface area contributed by atoms with Crippen LogP contribution < -0.4 is 10.2 Å². The number of aliphatic hydroxyl groups excluding tert-OH is 3. The zero-order valence-electron chi connectivity index (χ0n) is 16.5. The van der Waals surface area contributed by atoms with Crippen LogP contribution in [0.5, 0.6) is 23.0 Å². The van der Waals surface area contributed by atoms with Gasteiger partial charge in [0.1, 0.15) is 41.0 Å². The molecule has 3 aromatic rings. The number of phenolic OH excluding ortho intramolecular Hbond substituents is 3. The van der Waals surface area contributed by atoms with Crippen LogP contribution >= 0.6 is 0 Å². The van der Waals surface area contributed by atoms with Crippen LogP contribution in [0.25, 0.3) is 22.3 Å². The highest BCUT2D eigenvalue weighted by atomic mass is 16.7. The van der Waals surface area contributed by atoms with Gasteiger partial charge in [0, 0.05) is 17.7 Å². The Labute approximate surface area is 183 Å². The van der Waals surface area contributed by atoms with Crippen LogP contribution in [0, 0.1) is 0 Å². The third-order valence-corrected chi connectivity index (χ3v) is 5.11. The van der Waals surface area contributed by atoms with Crippen molar-refractivity contribution in [2.45, 2.75) is 30.7 Å². The largest absolute Gasteiger partial charge is 0.508 e. The Balaban J connectivity index is 1.84. The van der Waals surface area contributed by atoms with E-state index < -0.39 is 70.3 Å². The highest BCUT2D eigenvalue weighted by Gasteiger charge is 2.48. The van der Waals surface area contributed by atoms with Crippen molar-refractivity contribution >= 4 is 16.9 Å². The first-order chi connectivity index (χ1) is 15.6. The smallest absolute Gasteiger partial charge is 0.335 e. The van der Waals surface area contributed by atoms with Crippen LogP contribution in [0.4, 0.5) is 0 Å². The van der Waals surface area contributed by atoms with Crippen molar-refractivity contribution in [3.05, 3.63) is 46.6 Å². The molecule has 0 radical (unpaired) electrons. The van der Waals surface area contributed by atoms with Crippen molar-refractivity contribution in [2.24, 2.45) is 0 Å². The number of hydrogen-bond donors (Lipinski definition) is 7. The molecule has 33 heavy (non-hydrogen) atoms. The summed E-state index contributed by atoms with van der Waals surface area (Å²) in [6.07, 6.45) is -9.79. The maximum Gasteiger partial charge on any atom is 0.335 e. The lowest BCUT2D eigenvalue weighted by atomic mass is 9.99. The number of hydrogen-bond acceptors (Lipinski definition) is 11. The number of carbonyl (C=O) groups is 1. The predicted octanol–water partition coefficient (Wildman–Crippen LogP) is -0.152. The number of aliphatic carboxylic acids is 1. The molecule has 0 bridgehead atoms. The minimum absolute atomic E-state index is 0.0358. The van der Waals surface area contributed by atoms with Gasteiger partial charge in [-0.05, 0) is 24.3 Å². The third-order valence-electron chi connectivity index (χ3n) is 5.11. The number of carboxylic acid groups (broad SMARTS) is 1. The summed E-state index contributed by atoms with van der Waals surface area (Å²) in [7, 11) is 0. The van der Waals surface area contributed by atoms with E-state index in [4.69, 9.17) is 13.9 Å². The molecule has 1 fully saturated rings. The second-order valence-electron chi connectivity index (χ2n) is 7.32. The number of fused-ring (bicyclic) bond motifs is 1. The molecule has 12 nitrogen and oxygen atoms in total. The summed E-state index contributed by atoms with van der Waals surface area (Å²) in [5, 5.41) is 68.7. The van der Waals surface area contributed by atoms with Crippen LogP contribution in [0.15, 0.2) is 45.6 Å². The van der Waals surface area contributed by atoms with Crippen LogP contribution in [0.2, 0.25) is 0 Å². The van der Waals surface area contributed by atoms with Crippen molar-refractivity contribution in [1.29, 1.82) is 0 Å². The second kappa shape index (κ2) is 8.26. The van der Waals surface area contributed by atoms with Gasteiger partial charge >= 0.3 is 5.97 Å². The van der Waals surface area contributed by atoms with Crippen LogP contribution in [-0.2, 0) is 9.53 Å². The summed E-state index contributed by atoms with van der Waals surface area (Å²) in [6.45, 7) is 0. The first kappa shape index (κ1) is 22.4. The monoisotopic (exact) mass is 462 g/mol. The molecule has 1 saturated heterocycles. The summed E-state index contributed by atoms with van der Waals surface area (Å²) in [5.74, 6) is -3.73. The number of benzene rings is 2. The number of ether oxygens (including phenoxy) is 2. The van der Waals surface area contributed by atoms with Crippen molar-refractivity contribution in [3.8, 4) is 34.3 Å². The van der Waals surface area contributed by atoms with Crippen LogP contribution in [0.1, 0.15) is 0 Å². The minimum Gasteiger partial charge on any atom is -0.508 e. The van der Waals surface area contributed by atoms with E-state index >= 15 is 0 Å². The molecule has 12 heteroatoms. The van der Waals surface area contributed by atoms with Crippen molar-refractivity contribution in [1.82, 2.24) is 0 Å². The quantitative estimate of drug-likeness (QED) is 0.270. The van der Waals surface area contributed by atoms with E-state index in [1.54, 1.807) is 0 Å². The highest BCUT2D eigenvalue weighted by molar-refractivity contribution is 5.91. The van der Waals surface area contributed by atoms with Gasteiger partial charge < -0.3 is 49.6 Å². The minimum atomic E-state index is -1.98. The number of aliphatic hydroxyl groups is 3. The molecule has 5 atom stereocenters. The molecule has 174 valence electrons. The fraction of sp³-hybridized carbons (Fsp3) is 0.238. The maximum absolute atomic E-state index is 12.7. The van der Waals surface area contributed by atoms with Gasteiger partial charge in [0.15, 0.2) is 22.9 Å². The van der Waals surface area contributed by atoms with E-state index in [0.29, 0.717) is 5.56 Å². The molecule has 4 rings (SSSR count). The Morgan fingerprint density at radius 2 is 1.58 bits per heavy atom. The van der Waals surface area contributed by atoms with Gasteiger partial charge in [-0.25, -0.2) is 4.79 Å². The lowest BCUT2D eigenvalue weighted by Gasteiger charge is -2.38. The molecule has 1 aromatic heterocycles. The second-order valence-corrected chi connectivity index (χ2v) is 7.32. The summed E-state index contributed by atoms with van der Waals surface area (Å²) in [5.41, 5.74) is -0.851. The SMILES string of the molecule is O=C(O)[C@H]1O[C@@H](Oc2c(O)cc(O)c3c(=O)cc(-c4ccc(O)cc4)oc23)[C@H](O)[C@@H](O)[C@@H]1O. The first-order valence-electron chi connectivity index (χ1n) is 9.49. The van der Waals surface area contributed by atoms with Crippen molar-refractivity contribution in [3.63, 3.8) is 0 Å². The highest BCUT2D eigenvalue weighted by Crippen LogP contribution is 2.42. The number of phenols is 3. The fourth-order valence-electron chi connectivity index (χ4n) is 3.43. The lowest BCUT2D eigenvalue weighted by molar-refractivity contribution is -0.271. The molecule has 0 unspecified atom stereocenters. The molecule has 0 aliphatic carbocycles. The molecule has 0 saturated carbocycles.